The summed E-state index contributed by atoms with van der Waals surface area (Å²) in [6, 6.07) is -0.515. The molecule has 0 aliphatic rings. The highest BCUT2D eigenvalue weighted by Gasteiger charge is 2.12. The van der Waals surface area contributed by atoms with Gasteiger partial charge in [0.2, 0.25) is 0 Å². The number of rotatable bonds is 9. The van der Waals surface area contributed by atoms with Crippen molar-refractivity contribution < 1.29 is 18.1 Å². The summed E-state index contributed by atoms with van der Waals surface area (Å²) in [4.78, 5) is 10.3. The molecule has 6 nitrogen and oxygen atoms in total. The van der Waals surface area contributed by atoms with Gasteiger partial charge in [-0.1, -0.05) is 0 Å². The highest BCUT2D eigenvalue weighted by molar-refractivity contribution is 6.36. The minimum Gasteiger partial charge on any atom is -0.376 e. The van der Waals surface area contributed by atoms with Crippen LogP contribution in [0.3, 0.4) is 0 Å². The predicted molar refractivity (Wildman–Crippen MR) is 58.6 cm³/mol. The lowest BCUT2D eigenvalue weighted by atomic mass is 10.4. The van der Waals surface area contributed by atoms with Crippen molar-refractivity contribution in [2.75, 3.05) is 26.4 Å². The molecule has 0 bridgehead atoms. The van der Waals surface area contributed by atoms with E-state index in [0.717, 1.165) is 0 Å². The third kappa shape index (κ3) is 9.67. The number of hydrogen-bond acceptors (Lipinski definition) is 4. The average Bonchev–Trinajstić information content (AvgIpc) is 2.17. The molecule has 2 amide bonds. The second-order valence-corrected chi connectivity index (χ2v) is 4.29. The monoisotopic (exact) mass is 236 g/mol. The zero-order chi connectivity index (χ0) is 11.5. The van der Waals surface area contributed by atoms with Crippen LogP contribution in [0.2, 0.25) is 0 Å². The fraction of sp³-hybridized carbons (Fsp3) is 0.875. The quantitative estimate of drug-likeness (QED) is 0.431. The zero-order valence-corrected chi connectivity index (χ0v) is 10.5. The van der Waals surface area contributed by atoms with Gasteiger partial charge < -0.3 is 24.3 Å². The summed E-state index contributed by atoms with van der Waals surface area (Å²) >= 11 is 0. The van der Waals surface area contributed by atoms with E-state index in [9.17, 15) is 4.79 Å². The summed E-state index contributed by atoms with van der Waals surface area (Å²) in [5, 5.41) is 2.48. The van der Waals surface area contributed by atoms with E-state index in [1.165, 1.54) is 0 Å². The summed E-state index contributed by atoms with van der Waals surface area (Å²) in [5.41, 5.74) is 4.90. The third-order valence-electron chi connectivity index (χ3n) is 1.48. The first kappa shape index (κ1) is 14.4. The van der Waals surface area contributed by atoms with Crippen LogP contribution in [0.5, 0.6) is 0 Å². The predicted octanol–water partition coefficient (Wildman–Crippen LogP) is -0.148. The molecule has 3 N–H and O–H groups in total. The van der Waals surface area contributed by atoms with Crippen LogP contribution in [-0.2, 0) is 13.3 Å². The molecule has 0 spiro atoms. The zero-order valence-electron chi connectivity index (χ0n) is 9.32. The third-order valence-corrected chi connectivity index (χ3v) is 3.20. The Balaban J connectivity index is 3.39. The van der Waals surface area contributed by atoms with Crippen molar-refractivity contribution in [1.29, 1.82) is 0 Å². The number of nitrogens with one attached hydrogen (secondary N) is 1. The van der Waals surface area contributed by atoms with Crippen LogP contribution in [-0.4, -0.2) is 41.9 Å². The molecule has 0 aromatic heterocycles. The van der Waals surface area contributed by atoms with Crippen molar-refractivity contribution in [1.82, 2.24) is 5.32 Å². The minimum absolute atomic E-state index is 0.509. The van der Waals surface area contributed by atoms with E-state index in [1.54, 1.807) is 0 Å². The van der Waals surface area contributed by atoms with E-state index in [-0.39, 0.29) is 0 Å². The number of carbonyl (C=O) groups excluding carboxylic acids is 1. The lowest BCUT2D eigenvalue weighted by Gasteiger charge is -2.14. The molecule has 7 heteroatoms. The van der Waals surface area contributed by atoms with Crippen molar-refractivity contribution in [2.45, 2.75) is 20.3 Å². The molecule has 0 unspecified atom stereocenters. The number of amides is 2. The SMILES string of the molecule is CCO[SiH](OCC)OCCCNC(N)=O. The lowest BCUT2D eigenvalue weighted by molar-refractivity contribution is 0.101. The molecule has 0 rings (SSSR count). The summed E-state index contributed by atoms with van der Waals surface area (Å²) in [6.45, 7) is 6.01. The standard InChI is InChI=1S/C8H20N2O4Si/c1-3-12-15(13-4-2)14-7-5-6-10-8(9)11/h15H,3-7H2,1-2H3,(H3,9,10,11). The first-order chi connectivity index (χ1) is 7.20. The number of urea groups is 1. The molecule has 0 aliphatic carbocycles. The van der Waals surface area contributed by atoms with E-state index in [1.807, 2.05) is 13.8 Å². The van der Waals surface area contributed by atoms with Gasteiger partial charge in [0.15, 0.2) is 0 Å². The molecule has 0 saturated carbocycles. The largest absolute Gasteiger partial charge is 0.484 e. The van der Waals surface area contributed by atoms with E-state index in [0.29, 0.717) is 32.8 Å². The van der Waals surface area contributed by atoms with Crippen molar-refractivity contribution in [2.24, 2.45) is 5.73 Å². The first-order valence-electron chi connectivity index (χ1n) is 5.08. The van der Waals surface area contributed by atoms with E-state index in [2.05, 4.69) is 5.32 Å². The molecule has 90 valence electrons. The number of hydrogen-bond donors (Lipinski definition) is 2. The number of primary amides is 1. The Hall–Kier alpha value is -0.633. The number of carbonyl (C=O) groups is 1. The Kier molecular flexibility index (Phi) is 9.49. The van der Waals surface area contributed by atoms with Gasteiger partial charge in [-0.05, 0) is 20.3 Å². The molecule has 0 saturated heterocycles. The topological polar surface area (TPSA) is 82.8 Å². The van der Waals surface area contributed by atoms with Crippen molar-refractivity contribution in [3.63, 3.8) is 0 Å². The van der Waals surface area contributed by atoms with Crippen molar-refractivity contribution >= 4 is 15.6 Å². The lowest BCUT2D eigenvalue weighted by Crippen LogP contribution is -2.32. The molecule has 0 aromatic carbocycles. The summed E-state index contributed by atoms with van der Waals surface area (Å²) in [7, 11) is -1.94. The fourth-order valence-corrected chi connectivity index (χ4v) is 2.07. The average molecular weight is 236 g/mol. The molecule has 0 aliphatic heterocycles. The maximum absolute atomic E-state index is 10.3. The second kappa shape index (κ2) is 9.90. The second-order valence-electron chi connectivity index (χ2n) is 2.71. The van der Waals surface area contributed by atoms with Gasteiger partial charge in [0.05, 0.1) is 0 Å². The smallest absolute Gasteiger partial charge is 0.376 e. The summed E-state index contributed by atoms with van der Waals surface area (Å²) in [5.74, 6) is 0. The van der Waals surface area contributed by atoms with Gasteiger partial charge >= 0.3 is 15.6 Å². The van der Waals surface area contributed by atoms with Crippen LogP contribution in [0.4, 0.5) is 4.79 Å². The van der Waals surface area contributed by atoms with Crippen LogP contribution in [0, 0.1) is 0 Å². The van der Waals surface area contributed by atoms with Crippen LogP contribution >= 0.6 is 0 Å². The van der Waals surface area contributed by atoms with E-state index >= 15 is 0 Å². The summed E-state index contributed by atoms with van der Waals surface area (Å²) in [6.07, 6.45) is 0.701. The molecule has 0 atom stereocenters. The molecule has 0 fully saturated rings. The van der Waals surface area contributed by atoms with Gasteiger partial charge in [-0.15, -0.1) is 0 Å². The van der Waals surface area contributed by atoms with Gasteiger partial charge in [-0.25, -0.2) is 4.79 Å². The van der Waals surface area contributed by atoms with Gasteiger partial charge in [0, 0.05) is 26.4 Å². The Morgan fingerprint density at radius 3 is 2.33 bits per heavy atom. The fourth-order valence-electron chi connectivity index (χ4n) is 0.880. The van der Waals surface area contributed by atoms with Crippen LogP contribution in [0.25, 0.3) is 0 Å². The van der Waals surface area contributed by atoms with Gasteiger partial charge in [0.25, 0.3) is 0 Å². The van der Waals surface area contributed by atoms with Crippen LogP contribution in [0.15, 0.2) is 0 Å². The Morgan fingerprint density at radius 2 is 1.87 bits per heavy atom. The van der Waals surface area contributed by atoms with E-state index < -0.39 is 15.6 Å². The molecule has 0 radical (unpaired) electrons. The Morgan fingerprint density at radius 1 is 1.27 bits per heavy atom. The maximum atomic E-state index is 10.3. The molecular formula is C8H20N2O4Si. The van der Waals surface area contributed by atoms with Gasteiger partial charge in [0.1, 0.15) is 0 Å². The highest BCUT2D eigenvalue weighted by atomic mass is 28.3. The first-order valence-corrected chi connectivity index (χ1v) is 6.50. The Bertz CT molecular complexity index is 165. The minimum atomic E-state index is -1.94. The van der Waals surface area contributed by atoms with E-state index in [4.69, 9.17) is 19.0 Å². The summed E-state index contributed by atoms with van der Waals surface area (Å²) < 4.78 is 16.0. The molecule has 15 heavy (non-hydrogen) atoms. The van der Waals surface area contributed by atoms with Gasteiger partial charge in [-0.3, -0.25) is 0 Å². The number of nitrogens with two attached hydrogens (primary N) is 1. The van der Waals surface area contributed by atoms with Crippen molar-refractivity contribution in [3.8, 4) is 0 Å². The normalized spacial score (nSPS) is 10.6. The van der Waals surface area contributed by atoms with Crippen molar-refractivity contribution in [3.05, 3.63) is 0 Å². The van der Waals surface area contributed by atoms with Gasteiger partial charge in [-0.2, -0.15) is 0 Å². The Labute approximate surface area is 92.0 Å². The maximum Gasteiger partial charge on any atom is 0.484 e. The van der Waals surface area contributed by atoms with Crippen LogP contribution < -0.4 is 11.1 Å². The molecule has 0 heterocycles. The molecule has 0 aromatic rings. The highest BCUT2D eigenvalue weighted by Crippen LogP contribution is 1.93. The molecular weight excluding hydrogens is 216 g/mol. The van der Waals surface area contributed by atoms with Crippen LogP contribution in [0.1, 0.15) is 20.3 Å².